The van der Waals surface area contributed by atoms with Gasteiger partial charge in [0, 0.05) is 51.3 Å². The molecule has 0 saturated heterocycles. The Morgan fingerprint density at radius 2 is 1.00 bits per heavy atom. The van der Waals surface area contributed by atoms with Gasteiger partial charge in [-0.15, -0.1) is 0 Å². The molecule has 1 heterocycles. The van der Waals surface area contributed by atoms with Gasteiger partial charge in [0.2, 0.25) is 0 Å². The van der Waals surface area contributed by atoms with E-state index in [2.05, 4.69) is 191 Å². The number of aryl methyl sites for hydroxylation is 5. The Morgan fingerprint density at radius 3 is 1.60 bits per heavy atom. The second-order valence-electron chi connectivity index (χ2n) is 17.5. The minimum absolute atomic E-state index is 0.0182. The van der Waals surface area contributed by atoms with Crippen molar-refractivity contribution in [1.29, 1.82) is 0 Å². The van der Waals surface area contributed by atoms with E-state index in [9.17, 15) is 0 Å². The first-order valence-electron chi connectivity index (χ1n) is 23.9. The molecule has 7 aromatic carbocycles. The lowest BCUT2D eigenvalue weighted by molar-refractivity contribution is 0.766. The van der Waals surface area contributed by atoms with Gasteiger partial charge >= 0.3 is 0 Å². The highest BCUT2D eigenvalue weighted by Gasteiger charge is 2.29. The predicted molar refractivity (Wildman–Crippen MR) is 269 cm³/mol. The monoisotopic (exact) mass is 818 g/mol. The average molecular weight is 818 g/mol. The van der Waals surface area contributed by atoms with Crippen LogP contribution in [0.4, 0.5) is 34.1 Å². The van der Waals surface area contributed by atoms with Crippen LogP contribution < -0.4 is 16.0 Å². The standard InChI is InChI=1S/C59H67N3/c1-7-18-41-23-15-24-42(19-8-2)57(41)60-47-34-31-40(32-35-47)56(46-33-37-55-53(39-46)48(12-6)52-30-17-27-45(22-11-5)59(52)62-55)51-36-38-54(50-29-14-13-28-49(50)51)61-58-43(20-9-3)25-16-26-44(58)21-10-4/h13-17,23-39,48,56,60-62H,7-12,18-22H2,1-6H3. The predicted octanol–water partition coefficient (Wildman–Crippen LogP) is 16.9. The molecule has 0 amide bonds. The van der Waals surface area contributed by atoms with Crippen LogP contribution in [0.15, 0.2) is 133 Å². The summed E-state index contributed by atoms with van der Waals surface area (Å²) in [5.74, 6) is 0.347. The van der Waals surface area contributed by atoms with Crippen molar-refractivity contribution in [3.63, 3.8) is 0 Å². The fourth-order valence-electron chi connectivity index (χ4n) is 10.3. The molecular weight excluding hydrogens is 751 g/mol. The summed E-state index contributed by atoms with van der Waals surface area (Å²) in [6, 6.07) is 51.0. The summed E-state index contributed by atoms with van der Waals surface area (Å²) < 4.78 is 0. The summed E-state index contributed by atoms with van der Waals surface area (Å²) >= 11 is 0. The van der Waals surface area contributed by atoms with Crippen LogP contribution in [-0.2, 0) is 32.1 Å². The number of hydrogen-bond donors (Lipinski definition) is 3. The molecule has 0 aliphatic carbocycles. The number of para-hydroxylation sites is 3. The maximum absolute atomic E-state index is 4.02. The smallest absolute Gasteiger partial charge is 0.0464 e. The van der Waals surface area contributed by atoms with E-state index < -0.39 is 0 Å². The van der Waals surface area contributed by atoms with Gasteiger partial charge in [-0.25, -0.2) is 0 Å². The van der Waals surface area contributed by atoms with Crippen molar-refractivity contribution in [2.45, 2.75) is 124 Å². The highest BCUT2D eigenvalue weighted by molar-refractivity contribution is 5.99. The van der Waals surface area contributed by atoms with Crippen molar-refractivity contribution in [3.8, 4) is 0 Å². The highest BCUT2D eigenvalue weighted by atomic mass is 14.9. The highest BCUT2D eigenvalue weighted by Crippen LogP contribution is 2.48. The molecule has 3 N–H and O–H groups in total. The minimum Gasteiger partial charge on any atom is -0.355 e. The Hall–Kier alpha value is -5.80. The number of anilines is 6. The van der Waals surface area contributed by atoms with E-state index in [1.807, 2.05) is 0 Å². The van der Waals surface area contributed by atoms with Gasteiger partial charge < -0.3 is 16.0 Å². The molecule has 318 valence electrons. The van der Waals surface area contributed by atoms with Gasteiger partial charge in [-0.1, -0.05) is 183 Å². The molecule has 7 aromatic rings. The molecule has 3 nitrogen and oxygen atoms in total. The van der Waals surface area contributed by atoms with Crippen molar-refractivity contribution >= 4 is 44.9 Å². The summed E-state index contributed by atoms with van der Waals surface area (Å²) in [6.45, 7) is 13.7. The lowest BCUT2D eigenvalue weighted by Gasteiger charge is -2.32. The Bertz CT molecular complexity index is 2570. The van der Waals surface area contributed by atoms with Gasteiger partial charge in [-0.3, -0.25) is 0 Å². The van der Waals surface area contributed by atoms with Crippen molar-refractivity contribution in [3.05, 3.63) is 189 Å². The molecule has 0 bridgehead atoms. The summed E-state index contributed by atoms with van der Waals surface area (Å²) in [5, 5.41) is 14.4. The summed E-state index contributed by atoms with van der Waals surface area (Å²) in [5.41, 5.74) is 21.2. The van der Waals surface area contributed by atoms with Crippen LogP contribution in [-0.4, -0.2) is 0 Å². The Labute approximate surface area is 372 Å². The first-order chi connectivity index (χ1) is 30.5. The second kappa shape index (κ2) is 19.9. The third-order valence-corrected chi connectivity index (χ3v) is 13.1. The Balaban J connectivity index is 1.25. The van der Waals surface area contributed by atoms with Crippen LogP contribution in [0.3, 0.4) is 0 Å². The van der Waals surface area contributed by atoms with Crippen LogP contribution in [0.5, 0.6) is 0 Å². The third kappa shape index (κ3) is 8.78. The summed E-state index contributed by atoms with van der Waals surface area (Å²) in [4.78, 5) is 0. The zero-order valence-corrected chi connectivity index (χ0v) is 38.1. The number of rotatable bonds is 18. The van der Waals surface area contributed by atoms with E-state index in [0.29, 0.717) is 5.92 Å². The van der Waals surface area contributed by atoms with Crippen LogP contribution in [0.1, 0.15) is 148 Å². The van der Waals surface area contributed by atoms with E-state index in [1.165, 1.54) is 89.2 Å². The van der Waals surface area contributed by atoms with Crippen LogP contribution in [0.25, 0.3) is 10.8 Å². The van der Waals surface area contributed by atoms with Gasteiger partial charge in [0.05, 0.1) is 0 Å². The maximum atomic E-state index is 4.02. The third-order valence-electron chi connectivity index (χ3n) is 13.1. The fraction of sp³-hybridized carbons (Fsp3) is 0.322. The molecule has 0 saturated carbocycles. The molecule has 0 radical (unpaired) electrons. The van der Waals surface area contributed by atoms with E-state index in [0.717, 1.165) is 82.0 Å². The maximum Gasteiger partial charge on any atom is 0.0464 e. The molecule has 8 rings (SSSR count). The van der Waals surface area contributed by atoms with Gasteiger partial charge in [0.15, 0.2) is 0 Å². The van der Waals surface area contributed by atoms with Gasteiger partial charge in [-0.2, -0.15) is 0 Å². The van der Waals surface area contributed by atoms with Crippen molar-refractivity contribution in [2.24, 2.45) is 0 Å². The first-order valence-corrected chi connectivity index (χ1v) is 23.9. The first kappa shape index (κ1) is 42.9. The lowest BCUT2D eigenvalue weighted by Crippen LogP contribution is -2.15. The molecule has 0 fully saturated rings. The number of hydrogen-bond acceptors (Lipinski definition) is 3. The van der Waals surface area contributed by atoms with E-state index in [4.69, 9.17) is 0 Å². The quantitative estimate of drug-likeness (QED) is 0.0755. The second-order valence-corrected chi connectivity index (χ2v) is 17.5. The molecule has 3 heteroatoms. The molecule has 2 unspecified atom stereocenters. The molecular formula is C59H67N3. The van der Waals surface area contributed by atoms with Gasteiger partial charge in [0.1, 0.15) is 0 Å². The van der Waals surface area contributed by atoms with E-state index in [-0.39, 0.29) is 5.92 Å². The van der Waals surface area contributed by atoms with Crippen LogP contribution in [0.2, 0.25) is 0 Å². The van der Waals surface area contributed by atoms with Crippen LogP contribution in [0, 0.1) is 0 Å². The van der Waals surface area contributed by atoms with E-state index >= 15 is 0 Å². The minimum atomic E-state index is 0.0182. The molecule has 1 aliphatic heterocycles. The van der Waals surface area contributed by atoms with Crippen LogP contribution >= 0.6 is 0 Å². The SMILES string of the molecule is CCCc1cccc(CCC)c1Nc1ccc(C(c2ccc3c(c2)C(CC)c2cccc(CCC)c2N3)c2ccc(Nc3c(CCC)cccc3CCC)c3ccccc23)cc1. The van der Waals surface area contributed by atoms with E-state index in [1.54, 1.807) is 0 Å². The van der Waals surface area contributed by atoms with Gasteiger partial charge in [-0.05, 0) is 124 Å². The zero-order valence-electron chi connectivity index (χ0n) is 38.1. The zero-order chi connectivity index (χ0) is 43.0. The molecule has 0 spiro atoms. The van der Waals surface area contributed by atoms with Crippen molar-refractivity contribution in [1.82, 2.24) is 0 Å². The number of nitrogens with one attached hydrogen (secondary N) is 3. The van der Waals surface area contributed by atoms with Crippen molar-refractivity contribution in [2.75, 3.05) is 16.0 Å². The summed E-state index contributed by atoms with van der Waals surface area (Å²) in [6.07, 6.45) is 12.0. The number of benzene rings is 7. The molecule has 1 aliphatic rings. The number of fused-ring (bicyclic) bond motifs is 3. The Morgan fingerprint density at radius 1 is 0.468 bits per heavy atom. The largest absolute Gasteiger partial charge is 0.355 e. The average Bonchev–Trinajstić information content (AvgIpc) is 3.29. The molecule has 0 aromatic heterocycles. The Kier molecular flexibility index (Phi) is 13.8. The summed E-state index contributed by atoms with van der Waals surface area (Å²) in [7, 11) is 0. The normalized spacial score (nSPS) is 13.6. The lowest BCUT2D eigenvalue weighted by atomic mass is 9.78. The van der Waals surface area contributed by atoms with Gasteiger partial charge in [0.25, 0.3) is 0 Å². The molecule has 2 atom stereocenters. The fourth-order valence-corrected chi connectivity index (χ4v) is 10.3. The molecule has 62 heavy (non-hydrogen) atoms. The van der Waals surface area contributed by atoms with Crippen molar-refractivity contribution < 1.29 is 0 Å². The topological polar surface area (TPSA) is 36.1 Å².